The van der Waals surface area contributed by atoms with Crippen LogP contribution in [0.5, 0.6) is 0 Å². The summed E-state index contributed by atoms with van der Waals surface area (Å²) in [5.41, 5.74) is 0. The van der Waals surface area contributed by atoms with Gasteiger partial charge in [-0.3, -0.25) is 0 Å². The van der Waals surface area contributed by atoms with E-state index in [1.54, 1.807) is 0 Å². The van der Waals surface area contributed by atoms with Crippen LogP contribution in [0.2, 0.25) is 25.7 Å². The molecule has 2 nitrogen and oxygen atoms in total. The number of hydrogen-bond acceptors (Lipinski definition) is 2. The molecule has 1 aliphatic heterocycles. The van der Waals surface area contributed by atoms with Crippen LogP contribution in [-0.2, 0) is 9.47 Å². The van der Waals surface area contributed by atoms with Crippen molar-refractivity contribution in [3.63, 3.8) is 0 Å². The van der Waals surface area contributed by atoms with Crippen molar-refractivity contribution in [2.75, 3.05) is 13.2 Å². The van der Waals surface area contributed by atoms with Gasteiger partial charge in [-0.15, -0.1) is 11.8 Å². The molecule has 0 aromatic heterocycles. The van der Waals surface area contributed by atoms with Crippen LogP contribution in [0, 0.1) is 11.8 Å². The van der Waals surface area contributed by atoms with Crippen molar-refractivity contribution >= 4 is 8.07 Å². The van der Waals surface area contributed by atoms with Crippen LogP contribution in [0.25, 0.3) is 0 Å². The minimum absolute atomic E-state index is 0.333. The number of hydrogen-bond donors (Lipinski definition) is 0. The largest absolute Gasteiger partial charge is 0.348 e. The van der Waals surface area contributed by atoms with Crippen molar-refractivity contribution in [1.82, 2.24) is 0 Å². The minimum atomic E-state index is -0.981. The van der Waals surface area contributed by atoms with Crippen molar-refractivity contribution < 1.29 is 9.47 Å². The van der Waals surface area contributed by atoms with Gasteiger partial charge in [-0.1, -0.05) is 19.6 Å². The van der Waals surface area contributed by atoms with Crippen LogP contribution >= 0.6 is 0 Å². The van der Waals surface area contributed by atoms with Gasteiger partial charge in [-0.05, 0) is 13.3 Å². The lowest BCUT2D eigenvalue weighted by Crippen LogP contribution is -2.24. The van der Waals surface area contributed by atoms with Crippen LogP contribution in [0.15, 0.2) is 0 Å². The molecule has 0 bridgehead atoms. The highest BCUT2D eigenvalue weighted by molar-refractivity contribution is 6.76. The maximum atomic E-state index is 5.54. The molecule has 0 spiro atoms. The molecule has 1 aliphatic rings. The van der Waals surface area contributed by atoms with E-state index < -0.39 is 8.07 Å². The average molecular weight is 240 g/mol. The first-order chi connectivity index (χ1) is 7.41. The topological polar surface area (TPSA) is 18.5 Å². The molecule has 0 aromatic rings. The SMILES string of the molecule is CC1(CCCC#CC[Si](C)(C)C)OCCO1. The van der Waals surface area contributed by atoms with Gasteiger partial charge >= 0.3 is 0 Å². The predicted molar refractivity (Wildman–Crippen MR) is 70.1 cm³/mol. The van der Waals surface area contributed by atoms with Crippen molar-refractivity contribution in [3.05, 3.63) is 0 Å². The number of ether oxygens (including phenoxy) is 2. The molecule has 1 rings (SSSR count). The fraction of sp³-hybridized carbons (Fsp3) is 0.846. The zero-order chi connectivity index (χ0) is 12.1. The van der Waals surface area contributed by atoms with E-state index in [1.165, 1.54) is 0 Å². The molecule has 0 atom stereocenters. The molecule has 0 unspecified atom stereocenters. The lowest BCUT2D eigenvalue weighted by atomic mass is 10.1. The lowest BCUT2D eigenvalue weighted by Gasteiger charge is -2.21. The van der Waals surface area contributed by atoms with Gasteiger partial charge in [0, 0.05) is 18.9 Å². The Morgan fingerprint density at radius 2 is 1.75 bits per heavy atom. The Morgan fingerprint density at radius 1 is 1.12 bits per heavy atom. The van der Waals surface area contributed by atoms with Gasteiger partial charge in [0.25, 0.3) is 0 Å². The van der Waals surface area contributed by atoms with Crippen molar-refractivity contribution in [2.24, 2.45) is 0 Å². The summed E-state index contributed by atoms with van der Waals surface area (Å²) >= 11 is 0. The molecule has 1 heterocycles. The Balaban J connectivity index is 2.12. The van der Waals surface area contributed by atoms with Crippen molar-refractivity contribution in [3.8, 4) is 11.8 Å². The molecule has 0 saturated carbocycles. The zero-order valence-corrected chi connectivity index (χ0v) is 12.1. The third kappa shape index (κ3) is 5.69. The minimum Gasteiger partial charge on any atom is -0.348 e. The molecule has 0 amide bonds. The highest BCUT2D eigenvalue weighted by atomic mass is 28.3. The Hall–Kier alpha value is -0.303. The summed E-state index contributed by atoms with van der Waals surface area (Å²) in [5, 5.41) is 0. The molecule has 16 heavy (non-hydrogen) atoms. The third-order valence-electron chi connectivity index (χ3n) is 2.57. The second kappa shape index (κ2) is 5.86. The highest BCUT2D eigenvalue weighted by Gasteiger charge is 2.29. The van der Waals surface area contributed by atoms with Gasteiger partial charge in [0.15, 0.2) is 5.79 Å². The molecule has 0 aromatic carbocycles. The maximum Gasteiger partial charge on any atom is 0.165 e. The summed E-state index contributed by atoms with van der Waals surface area (Å²) in [4.78, 5) is 0. The predicted octanol–water partition coefficient (Wildman–Crippen LogP) is 3.26. The standard InChI is InChI=1S/C13H24O2Si/c1-13(14-10-11-15-13)9-7-5-6-8-12-16(2,3)4/h5,7,9-12H2,1-4H3. The second-order valence-corrected chi connectivity index (χ2v) is 11.3. The van der Waals surface area contributed by atoms with Gasteiger partial charge in [-0.25, -0.2) is 0 Å². The van der Waals surface area contributed by atoms with Crippen LogP contribution in [0.4, 0.5) is 0 Å². The van der Waals surface area contributed by atoms with Crippen LogP contribution in [0.3, 0.4) is 0 Å². The zero-order valence-electron chi connectivity index (χ0n) is 11.1. The van der Waals surface area contributed by atoms with Crippen molar-refractivity contribution in [1.29, 1.82) is 0 Å². The van der Waals surface area contributed by atoms with Crippen LogP contribution < -0.4 is 0 Å². The van der Waals surface area contributed by atoms with Gasteiger partial charge in [0.1, 0.15) is 0 Å². The molecular formula is C13H24O2Si. The van der Waals surface area contributed by atoms with E-state index in [0.717, 1.165) is 38.5 Å². The normalized spacial score (nSPS) is 19.2. The summed E-state index contributed by atoms with van der Waals surface area (Å²) in [7, 11) is -0.981. The Labute approximate surface area is 101 Å². The first-order valence-corrected chi connectivity index (χ1v) is 9.86. The molecule has 0 radical (unpaired) electrons. The monoisotopic (exact) mass is 240 g/mol. The van der Waals surface area contributed by atoms with Gasteiger partial charge in [0.05, 0.1) is 21.3 Å². The third-order valence-corrected chi connectivity index (χ3v) is 3.81. The number of rotatable bonds is 4. The van der Waals surface area contributed by atoms with Crippen molar-refractivity contribution in [2.45, 2.75) is 57.7 Å². The second-order valence-electron chi connectivity index (χ2n) is 5.78. The van der Waals surface area contributed by atoms with Gasteiger partial charge in [-0.2, -0.15) is 0 Å². The Morgan fingerprint density at radius 3 is 2.31 bits per heavy atom. The Kier molecular flexibility index (Phi) is 5.04. The highest BCUT2D eigenvalue weighted by Crippen LogP contribution is 2.24. The molecule has 1 fully saturated rings. The van der Waals surface area contributed by atoms with Crippen LogP contribution in [-0.4, -0.2) is 27.1 Å². The lowest BCUT2D eigenvalue weighted by molar-refractivity contribution is -0.147. The summed E-state index contributed by atoms with van der Waals surface area (Å²) in [5.74, 6) is 6.22. The Bertz CT molecular complexity index is 264. The summed E-state index contributed by atoms with van der Waals surface area (Å²) in [6, 6.07) is 1.11. The fourth-order valence-electron chi connectivity index (χ4n) is 1.62. The van der Waals surface area contributed by atoms with E-state index in [0.29, 0.717) is 0 Å². The van der Waals surface area contributed by atoms with Gasteiger partial charge < -0.3 is 9.47 Å². The van der Waals surface area contributed by atoms with Crippen LogP contribution in [0.1, 0.15) is 26.2 Å². The molecule has 0 aliphatic carbocycles. The molecule has 3 heteroatoms. The first-order valence-electron chi connectivity index (χ1n) is 6.15. The quantitative estimate of drug-likeness (QED) is 0.426. The molecule has 1 saturated heterocycles. The van der Waals surface area contributed by atoms with E-state index in [-0.39, 0.29) is 5.79 Å². The molecular weight excluding hydrogens is 216 g/mol. The van der Waals surface area contributed by atoms with E-state index in [2.05, 4.69) is 31.5 Å². The maximum absolute atomic E-state index is 5.54. The van der Waals surface area contributed by atoms with E-state index in [4.69, 9.17) is 9.47 Å². The van der Waals surface area contributed by atoms with E-state index in [9.17, 15) is 0 Å². The van der Waals surface area contributed by atoms with E-state index in [1.807, 2.05) is 6.92 Å². The summed E-state index contributed by atoms with van der Waals surface area (Å²) < 4.78 is 11.1. The number of unbranched alkanes of at least 4 members (excludes halogenated alkanes) is 1. The molecule has 92 valence electrons. The summed E-state index contributed by atoms with van der Waals surface area (Å²) in [6.45, 7) is 10.5. The average Bonchev–Trinajstić information content (AvgIpc) is 2.57. The van der Waals surface area contributed by atoms with E-state index >= 15 is 0 Å². The smallest absolute Gasteiger partial charge is 0.165 e. The fourth-order valence-corrected chi connectivity index (χ4v) is 2.27. The first kappa shape index (κ1) is 13.8. The summed E-state index contributed by atoms with van der Waals surface area (Å²) in [6.07, 6.45) is 2.98. The molecule has 0 N–H and O–H groups in total. The van der Waals surface area contributed by atoms with Gasteiger partial charge in [0.2, 0.25) is 0 Å².